The minimum atomic E-state index is -1.13. The highest BCUT2D eigenvalue weighted by molar-refractivity contribution is 5.96. The number of aryl methyl sites for hydroxylation is 1. The fraction of sp³-hybridized carbons (Fsp3) is 0.333. The van der Waals surface area contributed by atoms with Crippen LogP contribution in [0.25, 0.3) is 0 Å². The van der Waals surface area contributed by atoms with Crippen molar-refractivity contribution >= 4 is 11.9 Å². The molecule has 0 aromatic heterocycles. The Morgan fingerprint density at radius 2 is 2.12 bits per heavy atom. The number of nitrogens with one attached hydrogen (secondary N) is 1. The summed E-state index contributed by atoms with van der Waals surface area (Å²) in [4.78, 5) is 22.4. The fourth-order valence-electron chi connectivity index (χ4n) is 1.38. The molecule has 0 aliphatic carbocycles. The van der Waals surface area contributed by atoms with Gasteiger partial charge in [0.15, 0.2) is 0 Å². The molecule has 5 heteroatoms. The van der Waals surface area contributed by atoms with Gasteiger partial charge in [-0.3, -0.25) is 4.79 Å². The van der Waals surface area contributed by atoms with Crippen LogP contribution in [-0.2, 0) is 4.79 Å². The summed E-state index contributed by atoms with van der Waals surface area (Å²) in [6.07, 6.45) is 0.245. The number of aliphatic carboxylic acids is 1. The highest BCUT2D eigenvalue weighted by Gasteiger charge is 2.20. The third-order valence-electron chi connectivity index (χ3n) is 2.38. The average molecular weight is 239 g/mol. The zero-order chi connectivity index (χ0) is 13.0. The lowest BCUT2D eigenvalue weighted by Crippen LogP contribution is -2.40. The van der Waals surface area contributed by atoms with Gasteiger partial charge in [-0.25, -0.2) is 9.18 Å². The molecule has 0 heterocycles. The molecule has 92 valence electrons. The van der Waals surface area contributed by atoms with Crippen molar-refractivity contribution in [3.05, 3.63) is 35.1 Å². The molecule has 0 saturated carbocycles. The zero-order valence-electron chi connectivity index (χ0n) is 9.66. The quantitative estimate of drug-likeness (QED) is 0.840. The van der Waals surface area contributed by atoms with E-state index in [1.54, 1.807) is 19.9 Å². The highest BCUT2D eigenvalue weighted by Crippen LogP contribution is 2.10. The van der Waals surface area contributed by atoms with Crippen LogP contribution in [0.4, 0.5) is 4.39 Å². The molecule has 2 N–H and O–H groups in total. The third kappa shape index (κ3) is 3.27. The molecule has 0 bridgehead atoms. The standard InChI is InChI=1S/C12H14FNO3/c1-3-10(12(16)17)14-11(15)8-5-4-7(2)6-9(8)13/h4-6,10H,3H2,1-2H3,(H,14,15)(H,16,17)/t10-/m0/s1. The van der Waals surface area contributed by atoms with Crippen LogP contribution in [0.2, 0.25) is 0 Å². The number of hydrogen-bond acceptors (Lipinski definition) is 2. The van der Waals surface area contributed by atoms with Gasteiger partial charge in [0.1, 0.15) is 11.9 Å². The molecule has 1 aromatic rings. The first-order valence-electron chi connectivity index (χ1n) is 5.25. The Hall–Kier alpha value is -1.91. The first kappa shape index (κ1) is 13.2. The van der Waals surface area contributed by atoms with E-state index in [0.717, 1.165) is 0 Å². The van der Waals surface area contributed by atoms with Crippen molar-refractivity contribution in [1.29, 1.82) is 0 Å². The normalized spacial score (nSPS) is 11.9. The number of hydrogen-bond donors (Lipinski definition) is 2. The van der Waals surface area contributed by atoms with E-state index >= 15 is 0 Å². The first-order valence-corrected chi connectivity index (χ1v) is 5.25. The molecule has 1 aromatic carbocycles. The molecule has 0 unspecified atom stereocenters. The van der Waals surface area contributed by atoms with Gasteiger partial charge in [-0.2, -0.15) is 0 Å². The van der Waals surface area contributed by atoms with E-state index < -0.39 is 23.7 Å². The van der Waals surface area contributed by atoms with Crippen LogP contribution in [0, 0.1) is 12.7 Å². The van der Waals surface area contributed by atoms with Crippen LogP contribution in [0.5, 0.6) is 0 Å². The summed E-state index contributed by atoms with van der Waals surface area (Å²) in [5.41, 5.74) is 0.555. The van der Waals surface area contributed by atoms with Gasteiger partial charge in [0, 0.05) is 0 Å². The van der Waals surface area contributed by atoms with Gasteiger partial charge < -0.3 is 10.4 Å². The Morgan fingerprint density at radius 1 is 1.47 bits per heavy atom. The lowest BCUT2D eigenvalue weighted by atomic mass is 10.1. The van der Waals surface area contributed by atoms with Crippen molar-refractivity contribution in [3.8, 4) is 0 Å². The predicted octanol–water partition coefficient (Wildman–Crippen LogP) is 1.73. The van der Waals surface area contributed by atoms with Gasteiger partial charge in [-0.05, 0) is 31.0 Å². The highest BCUT2D eigenvalue weighted by atomic mass is 19.1. The van der Waals surface area contributed by atoms with Gasteiger partial charge in [0.2, 0.25) is 0 Å². The Balaban J connectivity index is 2.86. The van der Waals surface area contributed by atoms with Gasteiger partial charge in [-0.15, -0.1) is 0 Å². The number of halogens is 1. The monoisotopic (exact) mass is 239 g/mol. The molecule has 1 atom stereocenters. The molecule has 17 heavy (non-hydrogen) atoms. The molecule has 0 spiro atoms. The molecule has 1 amide bonds. The summed E-state index contributed by atoms with van der Waals surface area (Å²) in [5.74, 6) is -2.49. The van der Waals surface area contributed by atoms with Crippen molar-refractivity contribution in [2.24, 2.45) is 0 Å². The molecule has 4 nitrogen and oxygen atoms in total. The van der Waals surface area contributed by atoms with E-state index in [0.29, 0.717) is 5.56 Å². The van der Waals surface area contributed by atoms with E-state index in [9.17, 15) is 14.0 Å². The SMILES string of the molecule is CC[C@H](NC(=O)c1ccc(C)cc1F)C(=O)O. The van der Waals surface area contributed by atoms with Crippen molar-refractivity contribution < 1.29 is 19.1 Å². The summed E-state index contributed by atoms with van der Waals surface area (Å²) >= 11 is 0. The van der Waals surface area contributed by atoms with Crippen LogP contribution >= 0.6 is 0 Å². The van der Waals surface area contributed by atoms with Gasteiger partial charge in [0.25, 0.3) is 5.91 Å². The maximum Gasteiger partial charge on any atom is 0.326 e. The number of benzene rings is 1. The minimum Gasteiger partial charge on any atom is -0.480 e. The summed E-state index contributed by atoms with van der Waals surface area (Å²) < 4.78 is 13.4. The first-order chi connectivity index (χ1) is 7.95. The van der Waals surface area contributed by atoms with Crippen molar-refractivity contribution in [3.63, 3.8) is 0 Å². The summed E-state index contributed by atoms with van der Waals surface area (Å²) in [5, 5.41) is 11.0. The topological polar surface area (TPSA) is 66.4 Å². The number of carbonyl (C=O) groups is 2. The molecule has 0 fully saturated rings. The Kier molecular flexibility index (Phi) is 4.20. The second-order valence-corrected chi connectivity index (χ2v) is 3.76. The lowest BCUT2D eigenvalue weighted by molar-refractivity contribution is -0.139. The zero-order valence-corrected chi connectivity index (χ0v) is 9.66. The largest absolute Gasteiger partial charge is 0.480 e. The molecule has 0 aliphatic rings. The molecular weight excluding hydrogens is 225 g/mol. The van der Waals surface area contributed by atoms with Crippen LogP contribution in [-0.4, -0.2) is 23.0 Å². The molecule has 1 rings (SSSR count). The van der Waals surface area contributed by atoms with E-state index in [2.05, 4.69) is 5.32 Å². The Morgan fingerprint density at radius 3 is 2.59 bits per heavy atom. The van der Waals surface area contributed by atoms with Gasteiger partial charge in [0.05, 0.1) is 5.56 Å². The summed E-state index contributed by atoms with van der Waals surface area (Å²) in [7, 11) is 0. The maximum atomic E-state index is 13.4. The van der Waals surface area contributed by atoms with Crippen LogP contribution in [0.15, 0.2) is 18.2 Å². The van der Waals surface area contributed by atoms with Crippen molar-refractivity contribution in [2.45, 2.75) is 26.3 Å². The molecule has 0 aliphatic heterocycles. The maximum absolute atomic E-state index is 13.4. The number of carboxylic acids is 1. The van der Waals surface area contributed by atoms with E-state index in [-0.39, 0.29) is 12.0 Å². The summed E-state index contributed by atoms with van der Waals surface area (Å²) in [6, 6.07) is 3.17. The smallest absolute Gasteiger partial charge is 0.326 e. The van der Waals surface area contributed by atoms with Crippen LogP contribution < -0.4 is 5.32 Å². The minimum absolute atomic E-state index is 0.143. The van der Waals surface area contributed by atoms with Crippen LogP contribution in [0.3, 0.4) is 0 Å². The van der Waals surface area contributed by atoms with Gasteiger partial charge >= 0.3 is 5.97 Å². The average Bonchev–Trinajstić information content (AvgIpc) is 2.24. The Bertz CT molecular complexity index is 445. The second kappa shape index (κ2) is 5.43. The molecule has 0 radical (unpaired) electrons. The predicted molar refractivity (Wildman–Crippen MR) is 60.3 cm³/mol. The number of carboxylic acid groups (broad SMARTS) is 1. The number of rotatable bonds is 4. The summed E-state index contributed by atoms with van der Waals surface area (Å²) in [6.45, 7) is 3.33. The second-order valence-electron chi connectivity index (χ2n) is 3.76. The van der Waals surface area contributed by atoms with Crippen molar-refractivity contribution in [1.82, 2.24) is 5.32 Å². The molecule has 0 saturated heterocycles. The van der Waals surface area contributed by atoms with Gasteiger partial charge in [-0.1, -0.05) is 13.0 Å². The number of carbonyl (C=O) groups excluding carboxylic acids is 1. The molecular formula is C12H14FNO3. The third-order valence-corrected chi connectivity index (χ3v) is 2.38. The Labute approximate surface area is 98.5 Å². The van der Waals surface area contributed by atoms with E-state index in [1.165, 1.54) is 12.1 Å². The van der Waals surface area contributed by atoms with E-state index in [1.807, 2.05) is 0 Å². The lowest BCUT2D eigenvalue weighted by Gasteiger charge is -2.12. The fourth-order valence-corrected chi connectivity index (χ4v) is 1.38. The van der Waals surface area contributed by atoms with E-state index in [4.69, 9.17) is 5.11 Å². The van der Waals surface area contributed by atoms with Crippen molar-refractivity contribution in [2.75, 3.05) is 0 Å². The number of amides is 1. The van der Waals surface area contributed by atoms with Crippen LogP contribution in [0.1, 0.15) is 29.3 Å².